The molecular weight excluding hydrogens is 297 g/mol. The van der Waals surface area contributed by atoms with Gasteiger partial charge in [-0.1, -0.05) is 42.5 Å². The van der Waals surface area contributed by atoms with E-state index in [0.29, 0.717) is 6.42 Å². The monoisotopic (exact) mass is 315 g/mol. The Balaban J connectivity index is 1.66. The van der Waals surface area contributed by atoms with E-state index in [4.69, 9.17) is 0 Å². The summed E-state index contributed by atoms with van der Waals surface area (Å²) < 4.78 is 13.4. The molecule has 114 valence electrons. The number of carbonyl (C=O) groups excluding carboxylic acids is 1. The van der Waals surface area contributed by atoms with Gasteiger partial charge >= 0.3 is 0 Å². The molecule has 1 amide bonds. The van der Waals surface area contributed by atoms with Gasteiger partial charge in [0, 0.05) is 18.7 Å². The minimum Gasteiger partial charge on any atom is -0.326 e. The molecule has 2 aromatic carbocycles. The highest BCUT2D eigenvalue weighted by atomic mass is 32.2. The molecule has 1 saturated heterocycles. The second-order valence-corrected chi connectivity index (χ2v) is 6.54. The van der Waals surface area contributed by atoms with E-state index in [1.165, 1.54) is 17.7 Å². The lowest BCUT2D eigenvalue weighted by Crippen LogP contribution is -2.30. The van der Waals surface area contributed by atoms with Crippen molar-refractivity contribution in [1.29, 1.82) is 0 Å². The Kier molecular flexibility index (Phi) is 4.78. The summed E-state index contributed by atoms with van der Waals surface area (Å²) in [7, 11) is 0. The molecule has 0 N–H and O–H groups in total. The average Bonchev–Trinajstić information content (AvgIpc) is 3.03. The zero-order chi connectivity index (χ0) is 15.4. The Morgan fingerprint density at radius 1 is 1.18 bits per heavy atom. The number of halogens is 1. The van der Waals surface area contributed by atoms with Gasteiger partial charge < -0.3 is 4.90 Å². The Morgan fingerprint density at radius 3 is 2.77 bits per heavy atom. The SMILES string of the molecule is O=C(CCc1ccccc1)N1CCSC1c1cccc(F)c1. The summed E-state index contributed by atoms with van der Waals surface area (Å²) in [5.74, 6) is 0.794. The topological polar surface area (TPSA) is 20.3 Å². The summed E-state index contributed by atoms with van der Waals surface area (Å²) in [5.41, 5.74) is 2.04. The molecule has 1 atom stereocenters. The second-order valence-electron chi connectivity index (χ2n) is 5.35. The molecule has 22 heavy (non-hydrogen) atoms. The molecule has 1 heterocycles. The van der Waals surface area contributed by atoms with Gasteiger partial charge in [0.1, 0.15) is 11.2 Å². The highest BCUT2D eigenvalue weighted by molar-refractivity contribution is 7.99. The van der Waals surface area contributed by atoms with Crippen molar-refractivity contribution in [2.75, 3.05) is 12.3 Å². The number of rotatable bonds is 4. The van der Waals surface area contributed by atoms with E-state index in [0.717, 1.165) is 24.3 Å². The summed E-state index contributed by atoms with van der Waals surface area (Å²) >= 11 is 1.70. The number of amides is 1. The van der Waals surface area contributed by atoms with Gasteiger partial charge in [0.05, 0.1) is 0 Å². The minimum atomic E-state index is -0.248. The van der Waals surface area contributed by atoms with Crippen LogP contribution >= 0.6 is 11.8 Å². The van der Waals surface area contributed by atoms with Gasteiger partial charge in [-0.05, 0) is 29.7 Å². The predicted molar refractivity (Wildman–Crippen MR) is 88.1 cm³/mol. The predicted octanol–water partition coefficient (Wildman–Crippen LogP) is 4.03. The molecule has 0 aliphatic carbocycles. The fraction of sp³-hybridized carbons (Fsp3) is 0.278. The minimum absolute atomic E-state index is 0.0565. The van der Waals surface area contributed by atoms with Crippen LogP contribution in [0.25, 0.3) is 0 Å². The first-order valence-corrected chi connectivity index (χ1v) is 8.49. The standard InChI is InChI=1S/C18H18FNOS/c19-16-8-4-7-15(13-16)18-20(11-12-22-18)17(21)10-9-14-5-2-1-3-6-14/h1-8,13,18H,9-12H2. The maximum atomic E-state index is 13.4. The van der Waals surface area contributed by atoms with Crippen LogP contribution in [0, 0.1) is 5.82 Å². The zero-order valence-electron chi connectivity index (χ0n) is 12.2. The molecule has 1 fully saturated rings. The molecule has 0 bridgehead atoms. The normalized spacial score (nSPS) is 17.7. The van der Waals surface area contributed by atoms with Crippen LogP contribution in [0.4, 0.5) is 4.39 Å². The lowest BCUT2D eigenvalue weighted by molar-refractivity contribution is -0.131. The van der Waals surface area contributed by atoms with Crippen molar-refractivity contribution in [1.82, 2.24) is 4.90 Å². The van der Waals surface area contributed by atoms with E-state index in [2.05, 4.69) is 0 Å². The van der Waals surface area contributed by atoms with Crippen LogP contribution in [0.2, 0.25) is 0 Å². The maximum absolute atomic E-state index is 13.4. The summed E-state index contributed by atoms with van der Waals surface area (Å²) in [6, 6.07) is 16.6. The summed E-state index contributed by atoms with van der Waals surface area (Å²) in [5, 5.41) is -0.0565. The van der Waals surface area contributed by atoms with Gasteiger partial charge in [-0.15, -0.1) is 11.8 Å². The largest absolute Gasteiger partial charge is 0.326 e. The molecular formula is C18H18FNOS. The van der Waals surface area contributed by atoms with Crippen molar-refractivity contribution in [2.24, 2.45) is 0 Å². The molecule has 2 aromatic rings. The molecule has 2 nitrogen and oxygen atoms in total. The van der Waals surface area contributed by atoms with Crippen molar-refractivity contribution < 1.29 is 9.18 Å². The maximum Gasteiger partial charge on any atom is 0.224 e. The number of benzene rings is 2. The number of aryl methyl sites for hydroxylation is 1. The number of carbonyl (C=O) groups is 1. The van der Waals surface area contributed by atoms with Crippen molar-refractivity contribution in [3.8, 4) is 0 Å². The smallest absolute Gasteiger partial charge is 0.224 e. The van der Waals surface area contributed by atoms with Crippen LogP contribution in [-0.4, -0.2) is 23.1 Å². The molecule has 1 aliphatic rings. The van der Waals surface area contributed by atoms with E-state index in [1.54, 1.807) is 17.8 Å². The van der Waals surface area contributed by atoms with Crippen LogP contribution in [0.15, 0.2) is 54.6 Å². The van der Waals surface area contributed by atoms with Crippen molar-refractivity contribution >= 4 is 17.7 Å². The third-order valence-electron chi connectivity index (χ3n) is 3.82. The lowest BCUT2D eigenvalue weighted by Gasteiger charge is -2.24. The van der Waals surface area contributed by atoms with Gasteiger partial charge in [-0.3, -0.25) is 4.79 Å². The quantitative estimate of drug-likeness (QED) is 0.849. The molecule has 3 rings (SSSR count). The Labute approximate surface area is 134 Å². The van der Waals surface area contributed by atoms with E-state index in [-0.39, 0.29) is 17.1 Å². The first-order valence-electron chi connectivity index (χ1n) is 7.44. The van der Waals surface area contributed by atoms with Gasteiger partial charge in [0.2, 0.25) is 5.91 Å². The van der Waals surface area contributed by atoms with Gasteiger partial charge in [-0.25, -0.2) is 4.39 Å². The van der Waals surface area contributed by atoms with Crippen molar-refractivity contribution in [3.05, 3.63) is 71.5 Å². The lowest BCUT2D eigenvalue weighted by atomic mass is 10.1. The van der Waals surface area contributed by atoms with E-state index in [1.807, 2.05) is 41.3 Å². The molecule has 0 saturated carbocycles. The molecule has 0 spiro atoms. The Morgan fingerprint density at radius 2 is 2.00 bits per heavy atom. The van der Waals surface area contributed by atoms with Crippen LogP contribution in [0.5, 0.6) is 0 Å². The zero-order valence-corrected chi connectivity index (χ0v) is 13.1. The van der Waals surface area contributed by atoms with Gasteiger partial charge in [0.15, 0.2) is 0 Å². The molecule has 0 aromatic heterocycles. The highest BCUT2D eigenvalue weighted by Gasteiger charge is 2.30. The highest BCUT2D eigenvalue weighted by Crippen LogP contribution is 2.38. The fourth-order valence-electron chi connectivity index (χ4n) is 2.70. The van der Waals surface area contributed by atoms with Gasteiger partial charge in [-0.2, -0.15) is 0 Å². The van der Waals surface area contributed by atoms with Crippen LogP contribution < -0.4 is 0 Å². The fourth-order valence-corrected chi connectivity index (χ4v) is 3.97. The average molecular weight is 315 g/mol. The number of thioether (sulfide) groups is 1. The molecule has 0 radical (unpaired) electrons. The van der Waals surface area contributed by atoms with Crippen LogP contribution in [-0.2, 0) is 11.2 Å². The van der Waals surface area contributed by atoms with Crippen LogP contribution in [0.1, 0.15) is 22.9 Å². The summed E-state index contributed by atoms with van der Waals surface area (Å²) in [6.45, 7) is 0.736. The Bertz CT molecular complexity index is 647. The van der Waals surface area contributed by atoms with E-state index in [9.17, 15) is 9.18 Å². The first kappa shape index (κ1) is 15.1. The van der Waals surface area contributed by atoms with Gasteiger partial charge in [0.25, 0.3) is 0 Å². The van der Waals surface area contributed by atoms with E-state index < -0.39 is 0 Å². The van der Waals surface area contributed by atoms with Crippen LogP contribution in [0.3, 0.4) is 0 Å². The molecule has 4 heteroatoms. The third-order valence-corrected chi connectivity index (χ3v) is 5.08. The van der Waals surface area contributed by atoms with Crippen molar-refractivity contribution in [2.45, 2.75) is 18.2 Å². The summed E-state index contributed by atoms with van der Waals surface area (Å²) in [4.78, 5) is 14.4. The second kappa shape index (κ2) is 6.97. The Hall–Kier alpha value is -1.81. The molecule has 1 unspecified atom stereocenters. The number of hydrogen-bond donors (Lipinski definition) is 0. The number of nitrogens with zero attached hydrogens (tertiary/aromatic N) is 1. The van der Waals surface area contributed by atoms with E-state index >= 15 is 0 Å². The van der Waals surface area contributed by atoms with Crippen molar-refractivity contribution in [3.63, 3.8) is 0 Å². The number of hydrogen-bond acceptors (Lipinski definition) is 2. The first-order chi connectivity index (χ1) is 10.7. The molecule has 1 aliphatic heterocycles. The third kappa shape index (κ3) is 3.50. The summed E-state index contributed by atoms with van der Waals surface area (Å²) in [6.07, 6.45) is 1.24.